The molecule has 0 amide bonds. The Balaban J connectivity index is 1.83. The van der Waals surface area contributed by atoms with E-state index >= 15 is 0 Å². The summed E-state index contributed by atoms with van der Waals surface area (Å²) < 4.78 is 0. The fraction of sp³-hybridized carbons (Fsp3) is 0.0435. The lowest BCUT2D eigenvalue weighted by Gasteiger charge is -2.26. The molecule has 2 N–H and O–H groups in total. The maximum atomic E-state index is 6.17. The minimum Gasteiger partial charge on any atom is -0.398 e. The maximum absolute atomic E-state index is 6.17. The molecule has 0 fully saturated rings. The van der Waals surface area contributed by atoms with Crippen molar-refractivity contribution >= 4 is 46.5 Å². The summed E-state index contributed by atoms with van der Waals surface area (Å²) in [6.07, 6.45) is 2.14. The number of rotatable bonds is 3. The molecule has 27 heavy (non-hydrogen) atoms. The van der Waals surface area contributed by atoms with Gasteiger partial charge in [-0.05, 0) is 54.0 Å². The molecule has 0 atom stereocenters. The molecule has 0 aromatic heterocycles. The van der Waals surface area contributed by atoms with Gasteiger partial charge in [-0.1, -0.05) is 71.9 Å². The van der Waals surface area contributed by atoms with E-state index in [4.69, 9.17) is 17.3 Å². The van der Waals surface area contributed by atoms with Crippen LogP contribution >= 0.6 is 23.4 Å². The van der Waals surface area contributed by atoms with Crippen LogP contribution < -0.4 is 10.6 Å². The first-order valence-corrected chi connectivity index (χ1v) is 9.94. The van der Waals surface area contributed by atoms with Crippen LogP contribution in [0.3, 0.4) is 0 Å². The van der Waals surface area contributed by atoms with Crippen molar-refractivity contribution in [1.29, 1.82) is 0 Å². The van der Waals surface area contributed by atoms with Crippen molar-refractivity contribution in [2.45, 2.75) is 6.92 Å². The van der Waals surface area contributed by atoms with Crippen LogP contribution in [-0.4, -0.2) is 0 Å². The van der Waals surface area contributed by atoms with Gasteiger partial charge in [-0.15, -0.1) is 0 Å². The number of anilines is 2. The highest BCUT2D eigenvalue weighted by atomic mass is 35.5. The summed E-state index contributed by atoms with van der Waals surface area (Å²) in [7, 11) is 0. The van der Waals surface area contributed by atoms with Crippen LogP contribution in [0.2, 0.25) is 5.02 Å². The van der Waals surface area contributed by atoms with Gasteiger partial charge >= 0.3 is 0 Å². The van der Waals surface area contributed by atoms with Gasteiger partial charge in [0.25, 0.3) is 0 Å². The highest BCUT2D eigenvalue weighted by Gasteiger charge is 2.25. The summed E-state index contributed by atoms with van der Waals surface area (Å²) in [6, 6.07) is 24.3. The summed E-state index contributed by atoms with van der Waals surface area (Å²) in [5, 5.41) is 4.04. The predicted octanol–water partition coefficient (Wildman–Crippen LogP) is 6.78. The average molecular weight is 391 g/mol. The number of nitrogens with two attached hydrogens (primary N) is 1. The number of hydrogen-bond acceptors (Lipinski definition) is 3. The first-order valence-electron chi connectivity index (χ1n) is 8.68. The van der Waals surface area contributed by atoms with Crippen LogP contribution in [0, 0.1) is 6.92 Å². The molecule has 3 aromatic carbocycles. The number of hydrogen-bond donors (Lipinski definition) is 1. The standard InChI is InChI=1S/C23H19ClN2S/c1-16-6-2-5-9-21(16)26-22(17-10-12-19(24)13-11-17)15-27-23(26)14-18-7-3-4-8-20(18)25/h2-15H,25H2,1H3/b23-14-. The molecule has 2 nitrogen and oxygen atoms in total. The molecule has 0 bridgehead atoms. The zero-order valence-electron chi connectivity index (χ0n) is 14.9. The van der Waals surface area contributed by atoms with Gasteiger partial charge in [-0.2, -0.15) is 0 Å². The van der Waals surface area contributed by atoms with E-state index in [1.54, 1.807) is 11.8 Å². The molecule has 4 rings (SSSR count). The summed E-state index contributed by atoms with van der Waals surface area (Å²) in [5.41, 5.74) is 12.6. The Bertz CT molecular complexity index is 1040. The summed E-state index contributed by atoms with van der Waals surface area (Å²) in [4.78, 5) is 2.29. The lowest BCUT2D eigenvalue weighted by atomic mass is 10.1. The third-order valence-electron chi connectivity index (χ3n) is 4.52. The molecule has 0 spiro atoms. The number of thioether (sulfide) groups is 1. The van der Waals surface area contributed by atoms with Crippen molar-refractivity contribution < 1.29 is 0 Å². The number of benzene rings is 3. The van der Waals surface area contributed by atoms with Crippen molar-refractivity contribution in [3.8, 4) is 0 Å². The van der Waals surface area contributed by atoms with Gasteiger partial charge < -0.3 is 10.6 Å². The van der Waals surface area contributed by atoms with Crippen molar-refractivity contribution in [2.24, 2.45) is 0 Å². The summed E-state index contributed by atoms with van der Waals surface area (Å²) >= 11 is 7.79. The highest BCUT2D eigenvalue weighted by Crippen LogP contribution is 2.45. The lowest BCUT2D eigenvalue weighted by molar-refractivity contribution is 1.26. The monoisotopic (exact) mass is 390 g/mol. The third kappa shape index (κ3) is 3.61. The van der Waals surface area contributed by atoms with Crippen LogP contribution in [0.15, 0.2) is 83.2 Å². The Labute approximate surface area is 169 Å². The van der Waals surface area contributed by atoms with E-state index in [2.05, 4.69) is 59.7 Å². The van der Waals surface area contributed by atoms with Crippen LogP contribution in [0.25, 0.3) is 11.8 Å². The molecular formula is C23H19ClN2S. The predicted molar refractivity (Wildman–Crippen MR) is 120 cm³/mol. The van der Waals surface area contributed by atoms with Gasteiger partial charge in [-0.3, -0.25) is 0 Å². The van der Waals surface area contributed by atoms with Gasteiger partial charge in [0.15, 0.2) is 0 Å². The molecule has 1 heterocycles. The first-order chi connectivity index (χ1) is 13.1. The maximum Gasteiger partial charge on any atom is 0.0848 e. The molecule has 134 valence electrons. The number of para-hydroxylation sites is 2. The number of nitrogens with zero attached hydrogens (tertiary/aromatic N) is 1. The van der Waals surface area contributed by atoms with Gasteiger partial charge in [0.05, 0.1) is 10.7 Å². The Morgan fingerprint density at radius 1 is 0.926 bits per heavy atom. The van der Waals surface area contributed by atoms with E-state index < -0.39 is 0 Å². The lowest BCUT2D eigenvalue weighted by Crippen LogP contribution is -2.16. The normalized spacial score (nSPS) is 15.3. The van der Waals surface area contributed by atoms with E-state index in [1.807, 2.05) is 36.4 Å². The van der Waals surface area contributed by atoms with Crippen molar-refractivity contribution in [1.82, 2.24) is 0 Å². The second-order valence-electron chi connectivity index (χ2n) is 6.36. The number of halogens is 1. The summed E-state index contributed by atoms with van der Waals surface area (Å²) in [5.74, 6) is 0. The molecule has 0 aliphatic carbocycles. The van der Waals surface area contributed by atoms with E-state index in [-0.39, 0.29) is 0 Å². The van der Waals surface area contributed by atoms with E-state index in [0.717, 1.165) is 38.3 Å². The van der Waals surface area contributed by atoms with E-state index in [9.17, 15) is 0 Å². The molecule has 1 aliphatic rings. The molecule has 4 heteroatoms. The smallest absolute Gasteiger partial charge is 0.0848 e. The first kappa shape index (κ1) is 17.8. The Hall–Kier alpha value is -2.62. The average Bonchev–Trinajstić information content (AvgIpc) is 3.08. The second kappa shape index (κ2) is 7.55. The molecule has 0 saturated carbocycles. The van der Waals surface area contributed by atoms with Crippen molar-refractivity contribution in [3.05, 3.63) is 105 Å². The number of aryl methyl sites for hydroxylation is 1. The molecular weight excluding hydrogens is 372 g/mol. The SMILES string of the molecule is Cc1ccccc1N1C(c2ccc(Cl)cc2)=CS/C1=C\c1ccccc1N. The Morgan fingerprint density at radius 3 is 2.37 bits per heavy atom. The summed E-state index contributed by atoms with van der Waals surface area (Å²) in [6.45, 7) is 2.13. The van der Waals surface area contributed by atoms with Crippen molar-refractivity contribution in [3.63, 3.8) is 0 Å². The van der Waals surface area contributed by atoms with Crippen molar-refractivity contribution in [2.75, 3.05) is 10.6 Å². The largest absolute Gasteiger partial charge is 0.398 e. The van der Waals surface area contributed by atoms with Gasteiger partial charge in [0, 0.05) is 21.8 Å². The molecule has 0 radical (unpaired) electrons. The quantitative estimate of drug-likeness (QED) is 0.499. The Kier molecular flexibility index (Phi) is 4.97. The third-order valence-corrected chi connectivity index (χ3v) is 5.66. The second-order valence-corrected chi connectivity index (χ2v) is 7.69. The fourth-order valence-corrected chi connectivity index (χ4v) is 4.19. The minimum absolute atomic E-state index is 0.736. The van der Waals surface area contributed by atoms with E-state index in [0.29, 0.717) is 0 Å². The highest BCUT2D eigenvalue weighted by molar-refractivity contribution is 8.06. The number of nitrogen functional groups attached to an aromatic ring is 1. The van der Waals surface area contributed by atoms with E-state index in [1.165, 1.54) is 5.56 Å². The zero-order chi connectivity index (χ0) is 18.8. The van der Waals surface area contributed by atoms with Crippen LogP contribution in [0.5, 0.6) is 0 Å². The van der Waals surface area contributed by atoms with Crippen LogP contribution in [-0.2, 0) is 0 Å². The molecule has 0 unspecified atom stereocenters. The molecule has 3 aromatic rings. The van der Waals surface area contributed by atoms with Gasteiger partial charge in [0.2, 0.25) is 0 Å². The minimum atomic E-state index is 0.736. The van der Waals surface area contributed by atoms with Gasteiger partial charge in [0.1, 0.15) is 0 Å². The fourth-order valence-electron chi connectivity index (χ4n) is 3.09. The molecule has 0 saturated heterocycles. The van der Waals surface area contributed by atoms with Crippen LogP contribution in [0.4, 0.5) is 11.4 Å². The Morgan fingerprint density at radius 2 is 1.63 bits per heavy atom. The zero-order valence-corrected chi connectivity index (χ0v) is 16.5. The topological polar surface area (TPSA) is 29.3 Å². The van der Waals surface area contributed by atoms with Gasteiger partial charge in [-0.25, -0.2) is 0 Å². The van der Waals surface area contributed by atoms with Crippen LogP contribution in [0.1, 0.15) is 16.7 Å². The molecule has 1 aliphatic heterocycles.